The van der Waals surface area contributed by atoms with Crippen molar-refractivity contribution in [3.05, 3.63) is 47.9 Å². The van der Waals surface area contributed by atoms with E-state index >= 15 is 0 Å². The van der Waals surface area contributed by atoms with E-state index in [-0.39, 0.29) is 11.7 Å². The number of amides is 1. The maximum absolute atomic E-state index is 11.7. The second-order valence-corrected chi connectivity index (χ2v) is 3.56. The predicted molar refractivity (Wildman–Crippen MR) is 63.7 cm³/mol. The Morgan fingerprint density at radius 3 is 3.00 bits per heavy atom. The minimum Gasteiger partial charge on any atom is -0.351 e. The minimum atomic E-state index is -0.302. The van der Waals surface area contributed by atoms with Gasteiger partial charge in [-0.25, -0.2) is 0 Å². The van der Waals surface area contributed by atoms with Gasteiger partial charge in [0.2, 0.25) is 5.76 Å². The van der Waals surface area contributed by atoms with E-state index in [9.17, 15) is 4.79 Å². The summed E-state index contributed by atoms with van der Waals surface area (Å²) in [5.41, 5.74) is 1.84. The van der Waals surface area contributed by atoms with Crippen molar-refractivity contribution >= 4 is 11.6 Å². The molecule has 5 heteroatoms. The number of rotatable bonds is 4. The van der Waals surface area contributed by atoms with Crippen molar-refractivity contribution in [3.63, 3.8) is 0 Å². The summed E-state index contributed by atoms with van der Waals surface area (Å²) in [6.07, 6.45) is 1.44. The van der Waals surface area contributed by atoms with Crippen molar-refractivity contribution in [1.29, 1.82) is 0 Å². The lowest BCUT2D eigenvalue weighted by molar-refractivity contribution is 0.0988. The highest BCUT2D eigenvalue weighted by molar-refractivity contribution is 6.02. The number of hydrogen-bond acceptors (Lipinski definition) is 4. The molecule has 1 heterocycles. The summed E-state index contributed by atoms with van der Waals surface area (Å²) in [6.45, 7) is 0.756. The average molecular weight is 231 g/mol. The van der Waals surface area contributed by atoms with Crippen LogP contribution in [-0.4, -0.2) is 18.1 Å². The van der Waals surface area contributed by atoms with Crippen molar-refractivity contribution in [2.75, 3.05) is 12.4 Å². The lowest BCUT2D eigenvalue weighted by Gasteiger charge is -2.05. The van der Waals surface area contributed by atoms with Crippen LogP contribution in [0, 0.1) is 0 Å². The molecule has 0 fully saturated rings. The van der Waals surface area contributed by atoms with Gasteiger partial charge in [-0.3, -0.25) is 4.79 Å². The third kappa shape index (κ3) is 2.92. The molecule has 5 nitrogen and oxygen atoms in total. The molecule has 0 aliphatic carbocycles. The number of aromatic nitrogens is 1. The Bertz CT molecular complexity index is 494. The molecule has 2 rings (SSSR count). The topological polar surface area (TPSA) is 67.2 Å². The zero-order valence-corrected chi connectivity index (χ0v) is 9.43. The number of benzene rings is 1. The Balaban J connectivity index is 2.08. The fraction of sp³-hybridized carbons (Fsp3) is 0.167. The zero-order valence-electron chi connectivity index (χ0n) is 9.43. The quantitative estimate of drug-likeness (QED) is 0.839. The van der Waals surface area contributed by atoms with Gasteiger partial charge < -0.3 is 15.2 Å². The molecule has 0 saturated carbocycles. The highest BCUT2D eigenvalue weighted by atomic mass is 16.5. The van der Waals surface area contributed by atoms with Gasteiger partial charge in [0.05, 0.1) is 6.20 Å². The molecule has 0 aliphatic heterocycles. The zero-order chi connectivity index (χ0) is 12.1. The average Bonchev–Trinajstić information content (AvgIpc) is 2.83. The van der Waals surface area contributed by atoms with Gasteiger partial charge >= 0.3 is 0 Å². The molecule has 1 amide bonds. The van der Waals surface area contributed by atoms with Crippen molar-refractivity contribution < 1.29 is 9.32 Å². The number of carbonyl (C=O) groups is 1. The van der Waals surface area contributed by atoms with Gasteiger partial charge in [-0.05, 0) is 24.7 Å². The van der Waals surface area contributed by atoms with E-state index in [0.717, 1.165) is 17.8 Å². The van der Waals surface area contributed by atoms with Crippen LogP contribution < -0.4 is 10.6 Å². The van der Waals surface area contributed by atoms with Gasteiger partial charge in [-0.2, -0.15) is 0 Å². The molecule has 1 aromatic carbocycles. The summed E-state index contributed by atoms with van der Waals surface area (Å²) < 4.78 is 4.77. The molecule has 2 N–H and O–H groups in total. The van der Waals surface area contributed by atoms with Gasteiger partial charge in [0.25, 0.3) is 5.91 Å². The van der Waals surface area contributed by atoms with Gasteiger partial charge in [0.15, 0.2) is 0 Å². The maximum Gasteiger partial charge on any atom is 0.294 e. The molecule has 0 aliphatic rings. The minimum absolute atomic E-state index is 0.198. The molecule has 0 spiro atoms. The first-order chi connectivity index (χ1) is 8.29. The predicted octanol–water partition coefficient (Wildman–Crippen LogP) is 1.65. The molecular weight excluding hydrogens is 218 g/mol. The monoisotopic (exact) mass is 231 g/mol. The van der Waals surface area contributed by atoms with Gasteiger partial charge in [0, 0.05) is 18.3 Å². The van der Waals surface area contributed by atoms with E-state index in [1.54, 1.807) is 0 Å². The first-order valence-corrected chi connectivity index (χ1v) is 5.25. The third-order valence-electron chi connectivity index (χ3n) is 2.23. The van der Waals surface area contributed by atoms with Crippen LogP contribution in [0.5, 0.6) is 0 Å². The summed E-state index contributed by atoms with van der Waals surface area (Å²) in [5, 5.41) is 9.28. The Kier molecular flexibility index (Phi) is 3.52. The molecular formula is C12H13N3O2. The smallest absolute Gasteiger partial charge is 0.294 e. The first-order valence-electron chi connectivity index (χ1n) is 5.25. The lowest BCUT2D eigenvalue weighted by Crippen LogP contribution is -2.11. The van der Waals surface area contributed by atoms with Gasteiger partial charge in [-0.1, -0.05) is 17.3 Å². The van der Waals surface area contributed by atoms with Crippen LogP contribution >= 0.6 is 0 Å². The highest BCUT2D eigenvalue weighted by Crippen LogP contribution is 2.12. The van der Waals surface area contributed by atoms with Crippen LogP contribution in [0.15, 0.2) is 41.1 Å². The molecule has 1 aromatic heterocycles. The third-order valence-corrected chi connectivity index (χ3v) is 2.23. The van der Waals surface area contributed by atoms with Crippen LogP contribution in [0.3, 0.4) is 0 Å². The molecule has 0 bridgehead atoms. The number of hydrogen-bond donors (Lipinski definition) is 2. The lowest BCUT2D eigenvalue weighted by atomic mass is 10.2. The summed E-state index contributed by atoms with van der Waals surface area (Å²) in [7, 11) is 1.87. The molecule has 0 unspecified atom stereocenters. The maximum atomic E-state index is 11.7. The Morgan fingerprint density at radius 1 is 1.41 bits per heavy atom. The highest BCUT2D eigenvalue weighted by Gasteiger charge is 2.09. The van der Waals surface area contributed by atoms with E-state index in [4.69, 9.17) is 4.52 Å². The van der Waals surface area contributed by atoms with Crippen molar-refractivity contribution in [2.45, 2.75) is 6.54 Å². The van der Waals surface area contributed by atoms with Crippen molar-refractivity contribution in [1.82, 2.24) is 10.5 Å². The second-order valence-electron chi connectivity index (χ2n) is 3.56. The Labute approximate surface area is 98.8 Å². The summed E-state index contributed by atoms with van der Waals surface area (Å²) in [5.74, 6) is -0.104. The number of nitrogens with one attached hydrogen (secondary N) is 2. The summed E-state index contributed by atoms with van der Waals surface area (Å²) >= 11 is 0. The number of nitrogens with zero attached hydrogens (tertiary/aromatic N) is 1. The molecule has 0 saturated heterocycles. The van der Waals surface area contributed by atoms with E-state index in [1.165, 1.54) is 12.3 Å². The van der Waals surface area contributed by atoms with E-state index in [0.29, 0.717) is 0 Å². The molecule has 2 aromatic rings. The van der Waals surface area contributed by atoms with Gasteiger partial charge in [0.1, 0.15) is 0 Å². The largest absolute Gasteiger partial charge is 0.351 e. The molecule has 17 heavy (non-hydrogen) atoms. The normalized spacial score (nSPS) is 10.2. The first kappa shape index (κ1) is 11.3. The fourth-order valence-electron chi connectivity index (χ4n) is 1.49. The number of carbonyl (C=O) groups excluding carboxylic acids is 1. The SMILES string of the molecule is CNCc1cccc(NC(=O)c2ccno2)c1. The van der Waals surface area contributed by atoms with Crippen LogP contribution in [0.2, 0.25) is 0 Å². The Morgan fingerprint density at radius 2 is 2.29 bits per heavy atom. The van der Waals surface area contributed by atoms with Crippen LogP contribution in [0.4, 0.5) is 5.69 Å². The van der Waals surface area contributed by atoms with Crippen LogP contribution in [-0.2, 0) is 6.54 Å². The standard InChI is InChI=1S/C12H13N3O2/c1-13-8-9-3-2-4-10(7-9)15-12(16)11-5-6-14-17-11/h2-7,13H,8H2,1H3,(H,15,16). The summed E-state index contributed by atoms with van der Waals surface area (Å²) in [4.78, 5) is 11.7. The second kappa shape index (κ2) is 5.27. The van der Waals surface area contributed by atoms with E-state index in [1.807, 2.05) is 31.3 Å². The fourth-order valence-corrected chi connectivity index (χ4v) is 1.49. The van der Waals surface area contributed by atoms with Crippen LogP contribution in [0.1, 0.15) is 16.1 Å². The molecule has 0 radical (unpaired) electrons. The number of anilines is 1. The van der Waals surface area contributed by atoms with Gasteiger partial charge in [-0.15, -0.1) is 0 Å². The summed E-state index contributed by atoms with van der Waals surface area (Å²) in [6, 6.07) is 9.13. The molecule has 88 valence electrons. The van der Waals surface area contributed by atoms with Crippen molar-refractivity contribution in [3.8, 4) is 0 Å². The Hall–Kier alpha value is -2.14. The van der Waals surface area contributed by atoms with E-state index in [2.05, 4.69) is 15.8 Å². The molecule has 0 atom stereocenters. The van der Waals surface area contributed by atoms with Crippen LogP contribution in [0.25, 0.3) is 0 Å². The van der Waals surface area contributed by atoms with Crippen molar-refractivity contribution in [2.24, 2.45) is 0 Å². The van der Waals surface area contributed by atoms with E-state index < -0.39 is 0 Å².